The number of aryl methyl sites for hydroxylation is 1. The summed E-state index contributed by atoms with van der Waals surface area (Å²) in [5.41, 5.74) is 1.20. The van der Waals surface area contributed by atoms with Crippen molar-refractivity contribution in [2.45, 2.75) is 12.8 Å². The van der Waals surface area contributed by atoms with Crippen molar-refractivity contribution in [3.8, 4) is 5.75 Å². The maximum absolute atomic E-state index is 13.2. The Balaban J connectivity index is 1.98. The van der Waals surface area contributed by atoms with E-state index in [-0.39, 0.29) is 17.2 Å². The highest BCUT2D eigenvalue weighted by Gasteiger charge is 2.14. The molecule has 0 aromatic heterocycles. The van der Waals surface area contributed by atoms with Crippen LogP contribution in [0.4, 0.5) is 10.1 Å². The van der Waals surface area contributed by atoms with Gasteiger partial charge in [-0.2, -0.15) is 0 Å². The monoisotopic (exact) mass is 323 g/mol. The quantitative estimate of drug-likeness (QED) is 0.851. The van der Waals surface area contributed by atoms with E-state index in [0.29, 0.717) is 12.8 Å². The molecule has 6 heteroatoms. The van der Waals surface area contributed by atoms with Crippen LogP contribution in [0.5, 0.6) is 5.75 Å². The summed E-state index contributed by atoms with van der Waals surface area (Å²) in [5, 5.41) is 0. The molecule has 0 saturated heterocycles. The first-order valence-electron chi connectivity index (χ1n) is 6.88. The molecule has 0 fully saturated rings. The number of rotatable bonds is 7. The largest absolute Gasteiger partial charge is 0.495 e. The van der Waals surface area contributed by atoms with Gasteiger partial charge in [0.2, 0.25) is 10.0 Å². The smallest absolute Gasteiger partial charge is 0.232 e. The molecule has 0 amide bonds. The van der Waals surface area contributed by atoms with Crippen LogP contribution >= 0.6 is 0 Å². The third-order valence-corrected chi connectivity index (χ3v) is 4.51. The Bertz CT molecular complexity index is 717. The number of methoxy groups -OCH3 is 1. The van der Waals surface area contributed by atoms with Gasteiger partial charge in [0.1, 0.15) is 11.6 Å². The van der Waals surface area contributed by atoms with Crippen LogP contribution < -0.4 is 9.46 Å². The number of hydrogen-bond acceptors (Lipinski definition) is 3. The van der Waals surface area contributed by atoms with Crippen molar-refractivity contribution in [2.24, 2.45) is 0 Å². The van der Waals surface area contributed by atoms with Gasteiger partial charge in [0.25, 0.3) is 0 Å². The van der Waals surface area contributed by atoms with E-state index < -0.39 is 15.8 Å². The van der Waals surface area contributed by atoms with Crippen molar-refractivity contribution in [3.63, 3.8) is 0 Å². The number of halogens is 1. The summed E-state index contributed by atoms with van der Waals surface area (Å²) in [7, 11) is -2.15. The van der Waals surface area contributed by atoms with Crippen molar-refractivity contribution in [1.82, 2.24) is 0 Å². The van der Waals surface area contributed by atoms with Gasteiger partial charge in [0.15, 0.2) is 0 Å². The molecule has 0 saturated carbocycles. The van der Waals surface area contributed by atoms with E-state index in [4.69, 9.17) is 4.74 Å². The van der Waals surface area contributed by atoms with Crippen molar-refractivity contribution < 1.29 is 17.5 Å². The highest BCUT2D eigenvalue weighted by Crippen LogP contribution is 2.26. The molecule has 0 heterocycles. The van der Waals surface area contributed by atoms with Gasteiger partial charge < -0.3 is 4.74 Å². The molecule has 0 aliphatic rings. The SMILES string of the molecule is COc1ccc(F)cc1NS(=O)(=O)CCCc1ccccc1. The molecule has 2 aromatic carbocycles. The van der Waals surface area contributed by atoms with Crippen molar-refractivity contribution in [2.75, 3.05) is 17.6 Å². The Morgan fingerprint density at radius 2 is 1.86 bits per heavy atom. The number of ether oxygens (including phenoxy) is 1. The molecule has 4 nitrogen and oxygen atoms in total. The van der Waals surface area contributed by atoms with Gasteiger partial charge in [-0.05, 0) is 30.5 Å². The molecule has 2 aromatic rings. The Morgan fingerprint density at radius 1 is 1.14 bits per heavy atom. The van der Waals surface area contributed by atoms with E-state index in [2.05, 4.69) is 4.72 Å². The normalized spacial score (nSPS) is 11.2. The summed E-state index contributed by atoms with van der Waals surface area (Å²) >= 11 is 0. The maximum Gasteiger partial charge on any atom is 0.232 e. The minimum atomic E-state index is -3.55. The third-order valence-electron chi connectivity index (χ3n) is 3.15. The summed E-state index contributed by atoms with van der Waals surface area (Å²) in [4.78, 5) is 0. The summed E-state index contributed by atoms with van der Waals surface area (Å²) < 4.78 is 44.8. The molecule has 22 heavy (non-hydrogen) atoms. The van der Waals surface area contributed by atoms with Crippen LogP contribution in [0.3, 0.4) is 0 Å². The van der Waals surface area contributed by atoms with E-state index in [9.17, 15) is 12.8 Å². The van der Waals surface area contributed by atoms with Crippen LogP contribution in [0, 0.1) is 5.82 Å². The van der Waals surface area contributed by atoms with Crippen LogP contribution in [0.25, 0.3) is 0 Å². The topological polar surface area (TPSA) is 55.4 Å². The molecule has 118 valence electrons. The van der Waals surface area contributed by atoms with Crippen LogP contribution in [0.1, 0.15) is 12.0 Å². The van der Waals surface area contributed by atoms with Crippen molar-refractivity contribution >= 4 is 15.7 Å². The first kappa shape index (κ1) is 16.3. The third kappa shape index (κ3) is 4.73. The van der Waals surface area contributed by atoms with Gasteiger partial charge >= 0.3 is 0 Å². The van der Waals surface area contributed by atoms with Crippen molar-refractivity contribution in [1.29, 1.82) is 0 Å². The fourth-order valence-corrected chi connectivity index (χ4v) is 3.21. The molecule has 0 aliphatic heterocycles. The standard InChI is InChI=1S/C16H18FNO3S/c1-21-16-10-9-14(17)12-15(16)18-22(19,20)11-5-8-13-6-3-2-4-7-13/h2-4,6-7,9-10,12,18H,5,8,11H2,1H3. The number of anilines is 1. The lowest BCUT2D eigenvalue weighted by Gasteiger charge is -2.11. The molecule has 0 bridgehead atoms. The Hall–Kier alpha value is -2.08. The van der Waals surface area contributed by atoms with E-state index in [1.54, 1.807) is 0 Å². The lowest BCUT2D eigenvalue weighted by atomic mass is 10.1. The molecule has 0 spiro atoms. The van der Waals surface area contributed by atoms with Crippen LogP contribution in [0.15, 0.2) is 48.5 Å². The summed E-state index contributed by atoms with van der Waals surface area (Å²) in [6.45, 7) is 0. The van der Waals surface area contributed by atoms with Gasteiger partial charge in [0, 0.05) is 6.07 Å². The average Bonchev–Trinajstić information content (AvgIpc) is 2.48. The minimum absolute atomic E-state index is 0.0401. The highest BCUT2D eigenvalue weighted by molar-refractivity contribution is 7.92. The zero-order chi connectivity index (χ0) is 16.0. The second-order valence-corrected chi connectivity index (χ2v) is 6.70. The number of nitrogens with one attached hydrogen (secondary N) is 1. The lowest BCUT2D eigenvalue weighted by Crippen LogP contribution is -2.17. The fraction of sp³-hybridized carbons (Fsp3) is 0.250. The zero-order valence-corrected chi connectivity index (χ0v) is 13.1. The first-order valence-corrected chi connectivity index (χ1v) is 8.53. The second-order valence-electron chi connectivity index (χ2n) is 4.85. The molecule has 0 atom stereocenters. The van der Waals surface area contributed by atoms with Crippen LogP contribution in [0.2, 0.25) is 0 Å². The predicted molar refractivity (Wildman–Crippen MR) is 85.1 cm³/mol. The van der Waals surface area contributed by atoms with Gasteiger partial charge in [-0.15, -0.1) is 0 Å². The molecule has 0 radical (unpaired) electrons. The molecule has 2 rings (SSSR count). The van der Waals surface area contributed by atoms with E-state index in [0.717, 1.165) is 11.6 Å². The number of sulfonamides is 1. The Kier molecular flexibility index (Phi) is 5.38. The highest BCUT2D eigenvalue weighted by atomic mass is 32.2. The summed E-state index contributed by atoms with van der Waals surface area (Å²) in [6.07, 6.45) is 1.15. The van der Waals surface area contributed by atoms with Gasteiger partial charge in [-0.25, -0.2) is 12.8 Å². The van der Waals surface area contributed by atoms with Crippen molar-refractivity contribution in [3.05, 3.63) is 59.9 Å². The second kappa shape index (κ2) is 7.26. The average molecular weight is 323 g/mol. The van der Waals surface area contributed by atoms with Gasteiger partial charge in [-0.3, -0.25) is 4.72 Å². The Labute approximate surface area is 130 Å². The van der Waals surface area contributed by atoms with Gasteiger partial charge in [0.05, 0.1) is 18.6 Å². The lowest BCUT2D eigenvalue weighted by molar-refractivity contribution is 0.416. The summed E-state index contributed by atoms with van der Waals surface area (Å²) in [6, 6.07) is 13.4. The fourth-order valence-electron chi connectivity index (χ4n) is 2.09. The van der Waals surface area contributed by atoms with E-state index >= 15 is 0 Å². The summed E-state index contributed by atoms with van der Waals surface area (Å²) in [5.74, 6) is -0.280. The molecule has 0 aliphatic carbocycles. The maximum atomic E-state index is 13.2. The number of hydrogen-bond donors (Lipinski definition) is 1. The molecule has 0 unspecified atom stereocenters. The van der Waals surface area contributed by atoms with E-state index in [1.807, 2.05) is 30.3 Å². The minimum Gasteiger partial charge on any atom is -0.495 e. The number of benzene rings is 2. The van der Waals surface area contributed by atoms with E-state index in [1.165, 1.54) is 19.2 Å². The molecular formula is C16H18FNO3S. The molecule has 1 N–H and O–H groups in total. The molecular weight excluding hydrogens is 305 g/mol. The van der Waals surface area contributed by atoms with Gasteiger partial charge in [-0.1, -0.05) is 30.3 Å². The predicted octanol–water partition coefficient (Wildman–Crippen LogP) is 3.21. The van der Waals surface area contributed by atoms with Crippen LogP contribution in [-0.2, 0) is 16.4 Å². The Morgan fingerprint density at radius 3 is 2.55 bits per heavy atom. The first-order chi connectivity index (χ1) is 10.5. The zero-order valence-electron chi connectivity index (χ0n) is 12.3. The van der Waals surface area contributed by atoms with Crippen LogP contribution in [-0.4, -0.2) is 21.3 Å².